The van der Waals surface area contributed by atoms with Crippen molar-refractivity contribution in [3.8, 4) is 5.75 Å². The zero-order valence-electron chi connectivity index (χ0n) is 9.66. The Morgan fingerprint density at radius 3 is 2.56 bits per heavy atom. The van der Waals surface area contributed by atoms with Crippen LogP contribution in [-0.4, -0.2) is 5.11 Å². The second-order valence-corrected chi connectivity index (χ2v) is 5.75. The Morgan fingerprint density at radius 1 is 1.00 bits per heavy atom. The van der Waals surface area contributed by atoms with E-state index in [2.05, 4.69) is 49.3 Å². The van der Waals surface area contributed by atoms with Crippen molar-refractivity contribution < 1.29 is 5.11 Å². The van der Waals surface area contributed by atoms with Gasteiger partial charge in [-0.3, -0.25) is 0 Å². The summed E-state index contributed by atoms with van der Waals surface area (Å²) in [6, 6.07) is 13.8. The molecular formula is C14H13Br2NO. The van der Waals surface area contributed by atoms with Crippen LogP contribution < -0.4 is 5.32 Å². The van der Waals surface area contributed by atoms with E-state index in [0.717, 1.165) is 21.1 Å². The summed E-state index contributed by atoms with van der Waals surface area (Å²) in [6.07, 6.45) is 0. The summed E-state index contributed by atoms with van der Waals surface area (Å²) in [6.45, 7) is 1.41. The zero-order chi connectivity index (χ0) is 13.0. The molecule has 0 bridgehead atoms. The molecule has 2 aromatic carbocycles. The minimum atomic E-state index is 0.305. The van der Waals surface area contributed by atoms with Crippen LogP contribution in [0.15, 0.2) is 51.4 Å². The lowest BCUT2D eigenvalue weighted by molar-refractivity contribution is 0.461. The van der Waals surface area contributed by atoms with Crippen molar-refractivity contribution in [1.29, 1.82) is 0 Å². The monoisotopic (exact) mass is 369 g/mol. The van der Waals surface area contributed by atoms with Crippen LogP contribution in [0, 0.1) is 0 Å². The molecule has 0 unspecified atom stereocenters. The lowest BCUT2D eigenvalue weighted by Crippen LogP contribution is -2.12. The number of hydrogen-bond donors (Lipinski definition) is 2. The number of rotatable bonds is 4. The van der Waals surface area contributed by atoms with Crippen LogP contribution in [0.3, 0.4) is 0 Å². The molecule has 0 fully saturated rings. The lowest BCUT2D eigenvalue weighted by Gasteiger charge is -2.08. The fourth-order valence-electron chi connectivity index (χ4n) is 1.69. The first-order chi connectivity index (χ1) is 8.66. The third kappa shape index (κ3) is 3.57. The summed E-state index contributed by atoms with van der Waals surface area (Å²) in [5.41, 5.74) is 2.10. The number of hydrogen-bond acceptors (Lipinski definition) is 2. The van der Waals surface area contributed by atoms with Gasteiger partial charge in [0.15, 0.2) is 0 Å². The molecule has 0 aliphatic rings. The van der Waals surface area contributed by atoms with Crippen molar-refractivity contribution in [3.63, 3.8) is 0 Å². The first kappa shape index (κ1) is 13.6. The first-order valence-corrected chi connectivity index (χ1v) is 7.17. The standard InChI is InChI=1S/C14H13Br2NO/c15-12-5-1-3-10(7-12)8-17-9-11-4-2-6-13(16)14(11)18/h1-7,17-18H,8-9H2. The molecule has 18 heavy (non-hydrogen) atoms. The van der Waals surface area contributed by atoms with E-state index in [4.69, 9.17) is 0 Å². The average Bonchev–Trinajstić information content (AvgIpc) is 2.35. The molecule has 0 atom stereocenters. The third-order valence-electron chi connectivity index (χ3n) is 2.60. The number of benzene rings is 2. The van der Waals surface area contributed by atoms with Crippen LogP contribution in [0.2, 0.25) is 0 Å². The molecule has 0 saturated carbocycles. The number of nitrogens with one attached hydrogen (secondary N) is 1. The van der Waals surface area contributed by atoms with E-state index in [-0.39, 0.29) is 0 Å². The Morgan fingerprint density at radius 2 is 1.78 bits per heavy atom. The van der Waals surface area contributed by atoms with Gasteiger partial charge < -0.3 is 10.4 Å². The molecule has 2 N–H and O–H groups in total. The Hall–Kier alpha value is -0.840. The second-order valence-electron chi connectivity index (χ2n) is 3.98. The minimum absolute atomic E-state index is 0.305. The molecule has 0 aromatic heterocycles. The molecule has 94 valence electrons. The quantitative estimate of drug-likeness (QED) is 0.844. The fraction of sp³-hybridized carbons (Fsp3) is 0.143. The maximum absolute atomic E-state index is 9.84. The van der Waals surface area contributed by atoms with E-state index < -0.39 is 0 Å². The van der Waals surface area contributed by atoms with Crippen molar-refractivity contribution in [2.45, 2.75) is 13.1 Å². The predicted octanol–water partition coefficient (Wildman–Crippen LogP) is 4.21. The van der Waals surface area contributed by atoms with Crippen molar-refractivity contribution in [3.05, 3.63) is 62.5 Å². The Balaban J connectivity index is 1.94. The Labute approximate surface area is 123 Å². The molecule has 0 spiro atoms. The highest BCUT2D eigenvalue weighted by Gasteiger charge is 2.03. The van der Waals surface area contributed by atoms with Crippen LogP contribution >= 0.6 is 31.9 Å². The lowest BCUT2D eigenvalue weighted by atomic mass is 10.2. The van der Waals surface area contributed by atoms with Crippen LogP contribution in [0.25, 0.3) is 0 Å². The van der Waals surface area contributed by atoms with Gasteiger partial charge in [-0.05, 0) is 39.7 Å². The highest BCUT2D eigenvalue weighted by molar-refractivity contribution is 9.10. The highest BCUT2D eigenvalue weighted by atomic mass is 79.9. The average molecular weight is 371 g/mol. The van der Waals surface area contributed by atoms with E-state index in [9.17, 15) is 5.11 Å². The van der Waals surface area contributed by atoms with Crippen molar-refractivity contribution in [1.82, 2.24) is 5.32 Å². The number of aromatic hydroxyl groups is 1. The summed E-state index contributed by atoms with van der Waals surface area (Å²) >= 11 is 6.75. The molecule has 0 amide bonds. The van der Waals surface area contributed by atoms with Gasteiger partial charge in [-0.15, -0.1) is 0 Å². The van der Waals surface area contributed by atoms with Gasteiger partial charge in [0.2, 0.25) is 0 Å². The normalized spacial score (nSPS) is 10.6. The SMILES string of the molecule is Oc1c(Br)cccc1CNCc1cccc(Br)c1. The molecule has 2 rings (SSSR count). The number of phenols is 1. The highest BCUT2D eigenvalue weighted by Crippen LogP contribution is 2.27. The summed E-state index contributed by atoms with van der Waals surface area (Å²) in [5.74, 6) is 0.305. The van der Waals surface area contributed by atoms with Crippen molar-refractivity contribution in [2.24, 2.45) is 0 Å². The maximum Gasteiger partial charge on any atom is 0.134 e. The zero-order valence-corrected chi connectivity index (χ0v) is 12.8. The van der Waals surface area contributed by atoms with E-state index in [1.54, 1.807) is 0 Å². The van der Waals surface area contributed by atoms with E-state index in [1.807, 2.05) is 30.3 Å². The largest absolute Gasteiger partial charge is 0.506 e. The van der Waals surface area contributed by atoms with E-state index in [1.165, 1.54) is 5.56 Å². The second kappa shape index (κ2) is 6.36. The maximum atomic E-state index is 9.84. The third-order valence-corrected chi connectivity index (χ3v) is 3.74. The number of phenolic OH excluding ortho intramolecular Hbond substituents is 1. The fourth-order valence-corrected chi connectivity index (χ4v) is 2.54. The van der Waals surface area contributed by atoms with Gasteiger partial charge in [0, 0.05) is 23.1 Å². The van der Waals surface area contributed by atoms with Gasteiger partial charge >= 0.3 is 0 Å². The van der Waals surface area contributed by atoms with E-state index >= 15 is 0 Å². The Bertz CT molecular complexity index is 543. The number of halogens is 2. The number of para-hydroxylation sites is 1. The van der Waals surface area contributed by atoms with Gasteiger partial charge in [0.25, 0.3) is 0 Å². The summed E-state index contributed by atoms with van der Waals surface area (Å²) < 4.78 is 1.80. The van der Waals surface area contributed by atoms with Gasteiger partial charge in [-0.25, -0.2) is 0 Å². The van der Waals surface area contributed by atoms with E-state index in [0.29, 0.717) is 12.3 Å². The summed E-state index contributed by atoms with van der Waals surface area (Å²) in [4.78, 5) is 0. The smallest absolute Gasteiger partial charge is 0.134 e. The molecule has 2 nitrogen and oxygen atoms in total. The molecule has 4 heteroatoms. The molecule has 0 heterocycles. The van der Waals surface area contributed by atoms with Gasteiger partial charge in [0.05, 0.1) is 4.47 Å². The molecule has 0 saturated heterocycles. The molecular weight excluding hydrogens is 358 g/mol. The van der Waals surface area contributed by atoms with Gasteiger partial charge in [-0.2, -0.15) is 0 Å². The van der Waals surface area contributed by atoms with Crippen molar-refractivity contribution in [2.75, 3.05) is 0 Å². The minimum Gasteiger partial charge on any atom is -0.506 e. The Kier molecular flexibility index (Phi) is 4.80. The summed E-state index contributed by atoms with van der Waals surface area (Å²) in [7, 11) is 0. The van der Waals surface area contributed by atoms with Gasteiger partial charge in [-0.1, -0.05) is 40.2 Å². The van der Waals surface area contributed by atoms with Crippen LogP contribution in [-0.2, 0) is 13.1 Å². The first-order valence-electron chi connectivity index (χ1n) is 5.58. The van der Waals surface area contributed by atoms with Crippen LogP contribution in [0.5, 0.6) is 5.75 Å². The van der Waals surface area contributed by atoms with Crippen LogP contribution in [0.4, 0.5) is 0 Å². The van der Waals surface area contributed by atoms with Crippen LogP contribution in [0.1, 0.15) is 11.1 Å². The molecule has 2 aromatic rings. The molecule has 0 radical (unpaired) electrons. The van der Waals surface area contributed by atoms with Crippen molar-refractivity contribution >= 4 is 31.9 Å². The van der Waals surface area contributed by atoms with Gasteiger partial charge in [0.1, 0.15) is 5.75 Å². The molecule has 0 aliphatic carbocycles. The topological polar surface area (TPSA) is 32.3 Å². The molecule has 0 aliphatic heterocycles. The predicted molar refractivity (Wildman–Crippen MR) is 80.5 cm³/mol. The summed E-state index contributed by atoms with van der Waals surface area (Å²) in [5, 5.41) is 13.2.